The molecule has 1 fully saturated rings. The van der Waals surface area contributed by atoms with Crippen LogP contribution in [0.3, 0.4) is 0 Å². The summed E-state index contributed by atoms with van der Waals surface area (Å²) >= 11 is 0. The lowest BCUT2D eigenvalue weighted by atomic mass is 9.97. The van der Waals surface area contributed by atoms with Gasteiger partial charge >= 0.3 is 0 Å². The van der Waals surface area contributed by atoms with Gasteiger partial charge in [0.25, 0.3) is 0 Å². The van der Waals surface area contributed by atoms with E-state index in [1.165, 1.54) is 0 Å². The molecule has 2 atom stereocenters. The Kier molecular flexibility index (Phi) is 2.93. The van der Waals surface area contributed by atoms with E-state index in [1.807, 2.05) is 25.1 Å². The van der Waals surface area contributed by atoms with Crippen molar-refractivity contribution in [3.8, 4) is 0 Å². The van der Waals surface area contributed by atoms with Gasteiger partial charge in [-0.3, -0.25) is 0 Å². The standard InChI is InChI=1S/C12H18N2O/c1-8-4-2-5-9(11(8)13)12(15)10-6-3-7-14-10/h2,4-5,10,12,14-15H,3,6-7,13H2,1H3. The van der Waals surface area contributed by atoms with E-state index >= 15 is 0 Å². The summed E-state index contributed by atoms with van der Waals surface area (Å²) in [7, 11) is 0. The normalized spacial score (nSPS) is 22.9. The van der Waals surface area contributed by atoms with Gasteiger partial charge in [0.05, 0.1) is 6.10 Å². The van der Waals surface area contributed by atoms with Crippen LogP contribution in [-0.2, 0) is 0 Å². The highest BCUT2D eigenvalue weighted by Gasteiger charge is 2.25. The molecule has 3 nitrogen and oxygen atoms in total. The second-order valence-electron chi connectivity index (χ2n) is 4.23. The van der Waals surface area contributed by atoms with E-state index < -0.39 is 6.10 Å². The number of nitrogens with two attached hydrogens (primary N) is 1. The molecule has 1 aliphatic rings. The Bertz CT molecular complexity index is 345. The molecule has 0 amide bonds. The number of aliphatic hydroxyl groups is 1. The highest BCUT2D eigenvalue weighted by atomic mass is 16.3. The highest BCUT2D eigenvalue weighted by molar-refractivity contribution is 5.54. The summed E-state index contributed by atoms with van der Waals surface area (Å²) in [6, 6.07) is 5.98. The summed E-state index contributed by atoms with van der Waals surface area (Å²) < 4.78 is 0. The monoisotopic (exact) mass is 206 g/mol. The van der Waals surface area contributed by atoms with Crippen molar-refractivity contribution in [1.82, 2.24) is 5.32 Å². The summed E-state index contributed by atoms with van der Waals surface area (Å²) in [5.74, 6) is 0. The van der Waals surface area contributed by atoms with E-state index in [4.69, 9.17) is 5.73 Å². The lowest BCUT2D eigenvalue weighted by Crippen LogP contribution is -2.29. The van der Waals surface area contributed by atoms with E-state index in [9.17, 15) is 5.11 Å². The highest BCUT2D eigenvalue weighted by Crippen LogP contribution is 2.28. The first-order valence-corrected chi connectivity index (χ1v) is 5.46. The van der Waals surface area contributed by atoms with Crippen molar-refractivity contribution in [2.75, 3.05) is 12.3 Å². The molecule has 0 aliphatic carbocycles. The summed E-state index contributed by atoms with van der Waals surface area (Å²) in [6.07, 6.45) is 1.68. The van der Waals surface area contributed by atoms with Crippen LogP contribution in [0.15, 0.2) is 18.2 Å². The van der Waals surface area contributed by atoms with Crippen molar-refractivity contribution in [3.63, 3.8) is 0 Å². The lowest BCUT2D eigenvalue weighted by Gasteiger charge is -2.20. The van der Waals surface area contributed by atoms with Crippen LogP contribution in [0.1, 0.15) is 30.1 Å². The number of benzene rings is 1. The number of aliphatic hydroxyl groups excluding tert-OH is 1. The van der Waals surface area contributed by atoms with Gasteiger partial charge < -0.3 is 16.2 Å². The molecule has 1 aromatic carbocycles. The molecule has 82 valence electrons. The fourth-order valence-corrected chi connectivity index (χ4v) is 2.16. The fourth-order valence-electron chi connectivity index (χ4n) is 2.16. The number of rotatable bonds is 2. The Morgan fingerprint density at radius 1 is 1.53 bits per heavy atom. The molecule has 1 heterocycles. The predicted molar refractivity (Wildman–Crippen MR) is 61.6 cm³/mol. The van der Waals surface area contributed by atoms with Crippen molar-refractivity contribution in [2.45, 2.75) is 31.9 Å². The Labute approximate surface area is 90.3 Å². The SMILES string of the molecule is Cc1cccc(C(O)C2CCCN2)c1N. The molecule has 4 N–H and O–H groups in total. The number of nitrogen functional groups attached to an aromatic ring is 1. The van der Waals surface area contributed by atoms with Crippen LogP contribution in [0.2, 0.25) is 0 Å². The molecule has 2 unspecified atom stereocenters. The van der Waals surface area contributed by atoms with E-state index in [1.54, 1.807) is 0 Å². The number of nitrogens with one attached hydrogen (secondary N) is 1. The number of anilines is 1. The second kappa shape index (κ2) is 4.21. The average molecular weight is 206 g/mol. The maximum atomic E-state index is 10.2. The predicted octanol–water partition coefficient (Wildman–Crippen LogP) is 1.36. The van der Waals surface area contributed by atoms with Crippen LogP contribution < -0.4 is 11.1 Å². The minimum Gasteiger partial charge on any atom is -0.398 e. The summed E-state index contributed by atoms with van der Waals surface area (Å²) in [4.78, 5) is 0. The van der Waals surface area contributed by atoms with Crippen LogP contribution in [0.4, 0.5) is 5.69 Å². The lowest BCUT2D eigenvalue weighted by molar-refractivity contribution is 0.138. The third-order valence-electron chi connectivity index (χ3n) is 3.16. The summed E-state index contributed by atoms with van der Waals surface area (Å²) in [6.45, 7) is 2.96. The first kappa shape index (κ1) is 10.5. The minimum absolute atomic E-state index is 0.161. The first-order chi connectivity index (χ1) is 7.20. The number of para-hydroxylation sites is 1. The van der Waals surface area contributed by atoms with Crippen molar-refractivity contribution in [3.05, 3.63) is 29.3 Å². The van der Waals surface area contributed by atoms with Gasteiger partial charge in [-0.1, -0.05) is 18.2 Å². The van der Waals surface area contributed by atoms with Crippen LogP contribution in [0.5, 0.6) is 0 Å². The third kappa shape index (κ3) is 1.98. The maximum absolute atomic E-state index is 10.2. The topological polar surface area (TPSA) is 58.3 Å². The van der Waals surface area contributed by atoms with Gasteiger partial charge in [-0.2, -0.15) is 0 Å². The molecular weight excluding hydrogens is 188 g/mol. The molecule has 1 aliphatic heterocycles. The van der Waals surface area contributed by atoms with E-state index in [-0.39, 0.29) is 6.04 Å². The van der Waals surface area contributed by atoms with Crippen molar-refractivity contribution in [2.24, 2.45) is 0 Å². The van der Waals surface area contributed by atoms with Gasteiger partial charge in [-0.15, -0.1) is 0 Å². The smallest absolute Gasteiger partial charge is 0.0962 e. The zero-order valence-corrected chi connectivity index (χ0v) is 9.03. The Morgan fingerprint density at radius 2 is 2.33 bits per heavy atom. The summed E-state index contributed by atoms with van der Waals surface area (Å²) in [5, 5.41) is 13.5. The third-order valence-corrected chi connectivity index (χ3v) is 3.16. The molecule has 0 radical (unpaired) electrons. The number of hydrogen-bond acceptors (Lipinski definition) is 3. The van der Waals surface area contributed by atoms with E-state index in [0.29, 0.717) is 0 Å². The number of aryl methyl sites for hydroxylation is 1. The molecule has 0 bridgehead atoms. The quantitative estimate of drug-likeness (QED) is 0.640. The minimum atomic E-state index is -0.479. The Balaban J connectivity index is 2.24. The van der Waals surface area contributed by atoms with Crippen LogP contribution >= 0.6 is 0 Å². The van der Waals surface area contributed by atoms with Gasteiger partial charge in [0.15, 0.2) is 0 Å². The molecule has 3 heteroatoms. The fraction of sp³-hybridized carbons (Fsp3) is 0.500. The van der Waals surface area contributed by atoms with Gasteiger partial charge in [-0.25, -0.2) is 0 Å². The molecular formula is C12H18N2O. The second-order valence-corrected chi connectivity index (χ2v) is 4.23. The number of hydrogen-bond donors (Lipinski definition) is 3. The van der Waals surface area contributed by atoms with Gasteiger partial charge in [-0.05, 0) is 31.9 Å². The zero-order chi connectivity index (χ0) is 10.8. The average Bonchev–Trinajstić information content (AvgIpc) is 2.74. The largest absolute Gasteiger partial charge is 0.398 e. The Hall–Kier alpha value is -1.06. The van der Waals surface area contributed by atoms with Crippen molar-refractivity contribution in [1.29, 1.82) is 0 Å². The molecule has 1 saturated heterocycles. The van der Waals surface area contributed by atoms with Gasteiger partial charge in [0.2, 0.25) is 0 Å². The molecule has 0 saturated carbocycles. The summed E-state index contributed by atoms with van der Waals surface area (Å²) in [5.41, 5.74) is 8.57. The Morgan fingerprint density at radius 3 is 3.00 bits per heavy atom. The van der Waals surface area contributed by atoms with Crippen molar-refractivity contribution >= 4 is 5.69 Å². The van der Waals surface area contributed by atoms with Crippen molar-refractivity contribution < 1.29 is 5.11 Å². The molecule has 0 spiro atoms. The van der Waals surface area contributed by atoms with Crippen LogP contribution in [0.25, 0.3) is 0 Å². The van der Waals surface area contributed by atoms with Gasteiger partial charge in [0.1, 0.15) is 0 Å². The van der Waals surface area contributed by atoms with Gasteiger partial charge in [0, 0.05) is 17.3 Å². The maximum Gasteiger partial charge on any atom is 0.0962 e. The van der Waals surface area contributed by atoms with E-state index in [0.717, 1.165) is 36.2 Å². The van der Waals surface area contributed by atoms with E-state index in [2.05, 4.69) is 5.32 Å². The molecule has 0 aromatic heterocycles. The van der Waals surface area contributed by atoms with Crippen LogP contribution in [0, 0.1) is 6.92 Å². The zero-order valence-electron chi connectivity index (χ0n) is 9.03. The van der Waals surface area contributed by atoms with Crippen LogP contribution in [-0.4, -0.2) is 17.7 Å². The first-order valence-electron chi connectivity index (χ1n) is 5.46. The molecule has 1 aromatic rings. The molecule has 15 heavy (non-hydrogen) atoms. The molecule has 2 rings (SSSR count).